The van der Waals surface area contributed by atoms with E-state index in [1.165, 1.54) is 5.39 Å². The first-order valence-electron chi connectivity index (χ1n) is 8.33. The lowest BCUT2D eigenvalue weighted by molar-refractivity contribution is 0.490. The summed E-state index contributed by atoms with van der Waals surface area (Å²) < 4.78 is 0. The van der Waals surface area contributed by atoms with E-state index < -0.39 is 0 Å². The Labute approximate surface area is 156 Å². The van der Waals surface area contributed by atoms with Crippen molar-refractivity contribution in [2.45, 2.75) is 25.8 Å². The zero-order valence-electron chi connectivity index (χ0n) is 15.2. The van der Waals surface area contributed by atoms with Gasteiger partial charge in [0.2, 0.25) is 0 Å². The summed E-state index contributed by atoms with van der Waals surface area (Å²) in [6, 6.07) is 5.96. The number of anilines is 1. The Kier molecular flexibility index (Phi) is 5.15. The predicted octanol–water partition coefficient (Wildman–Crippen LogP) is 3.69. The Morgan fingerprint density at radius 3 is 2.69 bits per heavy atom. The number of benzene rings is 1. The fourth-order valence-corrected chi connectivity index (χ4v) is 3.62. The largest absolute Gasteiger partial charge is 0.369 e. The molecule has 0 saturated carbocycles. The van der Waals surface area contributed by atoms with Crippen LogP contribution in [0.1, 0.15) is 25.8 Å². The van der Waals surface area contributed by atoms with Gasteiger partial charge in [0.1, 0.15) is 5.82 Å². The number of nitrogens with zero attached hydrogens (tertiary/aromatic N) is 4. The second-order valence-corrected chi connectivity index (χ2v) is 7.56. The lowest BCUT2D eigenvalue weighted by Gasteiger charge is -2.19. The number of fused-ring (bicyclic) bond motifs is 3. The van der Waals surface area contributed by atoms with Gasteiger partial charge in [-0.1, -0.05) is 17.4 Å². The van der Waals surface area contributed by atoms with Crippen molar-refractivity contribution in [2.75, 3.05) is 18.9 Å². The highest BCUT2D eigenvalue weighted by Crippen LogP contribution is 2.32. The van der Waals surface area contributed by atoms with E-state index in [4.69, 9.17) is 16.6 Å². The minimum absolute atomic E-state index is 0.218. The SMILES string of the molecule is CN=C(N=NN)c1ccc2c(c1)nc(NCCC(C)(C)N)c1cscc12. The van der Waals surface area contributed by atoms with Gasteiger partial charge in [-0.25, -0.2) is 4.98 Å². The molecule has 3 aromatic rings. The monoisotopic (exact) mass is 369 g/mol. The molecule has 0 aliphatic carbocycles. The highest BCUT2D eigenvalue weighted by Gasteiger charge is 2.13. The van der Waals surface area contributed by atoms with E-state index in [1.54, 1.807) is 18.4 Å². The fraction of sp³-hybridized carbons (Fsp3) is 0.333. The normalized spacial score (nSPS) is 13.2. The summed E-state index contributed by atoms with van der Waals surface area (Å²) in [6.45, 7) is 4.80. The Hall–Kier alpha value is -2.58. The highest BCUT2D eigenvalue weighted by molar-refractivity contribution is 7.09. The molecule has 0 atom stereocenters. The molecule has 0 spiro atoms. The Bertz CT molecular complexity index is 982. The molecule has 136 valence electrons. The number of hydrogen-bond acceptors (Lipinski definition) is 6. The van der Waals surface area contributed by atoms with Crippen molar-refractivity contribution in [3.05, 3.63) is 34.5 Å². The van der Waals surface area contributed by atoms with Crippen molar-refractivity contribution in [2.24, 2.45) is 26.9 Å². The predicted molar refractivity (Wildman–Crippen MR) is 110 cm³/mol. The summed E-state index contributed by atoms with van der Waals surface area (Å²) in [5.74, 6) is 6.51. The van der Waals surface area contributed by atoms with Crippen LogP contribution < -0.4 is 16.9 Å². The maximum absolute atomic E-state index is 6.08. The van der Waals surface area contributed by atoms with Crippen molar-refractivity contribution in [1.29, 1.82) is 0 Å². The van der Waals surface area contributed by atoms with Crippen LogP contribution in [0.5, 0.6) is 0 Å². The van der Waals surface area contributed by atoms with E-state index in [2.05, 4.69) is 31.4 Å². The number of rotatable bonds is 5. The molecule has 8 heteroatoms. The van der Waals surface area contributed by atoms with Crippen molar-refractivity contribution in [3.63, 3.8) is 0 Å². The number of aliphatic imine (C=N–C) groups is 1. The molecule has 7 nitrogen and oxygen atoms in total. The molecule has 0 fully saturated rings. The van der Waals surface area contributed by atoms with Gasteiger partial charge in [0.25, 0.3) is 0 Å². The molecule has 0 bridgehead atoms. The van der Waals surface area contributed by atoms with E-state index in [1.807, 2.05) is 32.0 Å². The van der Waals surface area contributed by atoms with Crippen LogP contribution in [0.15, 0.2) is 44.3 Å². The van der Waals surface area contributed by atoms with E-state index >= 15 is 0 Å². The fourth-order valence-electron chi connectivity index (χ4n) is 2.78. The minimum atomic E-state index is -0.218. The average molecular weight is 369 g/mol. The zero-order valence-corrected chi connectivity index (χ0v) is 16.0. The van der Waals surface area contributed by atoms with E-state index in [0.29, 0.717) is 5.84 Å². The third-order valence-electron chi connectivity index (χ3n) is 4.12. The maximum atomic E-state index is 6.08. The van der Waals surface area contributed by atoms with Crippen LogP contribution in [0.3, 0.4) is 0 Å². The molecule has 5 N–H and O–H groups in total. The molecule has 1 aromatic carbocycles. The van der Waals surface area contributed by atoms with Gasteiger partial charge in [0.15, 0.2) is 5.84 Å². The molecular weight excluding hydrogens is 346 g/mol. The summed E-state index contributed by atoms with van der Waals surface area (Å²) in [5, 5.41) is 18.3. The van der Waals surface area contributed by atoms with Gasteiger partial charge in [0.05, 0.1) is 5.52 Å². The number of pyridine rings is 1. The number of thiophene rings is 1. The molecule has 0 amide bonds. The lowest BCUT2D eigenvalue weighted by atomic mass is 10.0. The maximum Gasteiger partial charge on any atom is 0.178 e. The second kappa shape index (κ2) is 7.35. The molecule has 3 rings (SSSR count). The van der Waals surface area contributed by atoms with Crippen LogP contribution in [-0.2, 0) is 0 Å². The molecule has 0 radical (unpaired) electrons. The van der Waals surface area contributed by atoms with E-state index in [9.17, 15) is 0 Å². The van der Waals surface area contributed by atoms with Gasteiger partial charge < -0.3 is 16.9 Å². The molecule has 26 heavy (non-hydrogen) atoms. The Morgan fingerprint density at radius 1 is 1.23 bits per heavy atom. The van der Waals surface area contributed by atoms with Crippen LogP contribution in [0.4, 0.5) is 5.82 Å². The lowest BCUT2D eigenvalue weighted by Crippen LogP contribution is -2.34. The summed E-state index contributed by atoms with van der Waals surface area (Å²) in [4.78, 5) is 8.96. The van der Waals surface area contributed by atoms with Gasteiger partial charge >= 0.3 is 0 Å². The average Bonchev–Trinajstić information content (AvgIpc) is 3.08. The molecular formula is C18H23N7S. The number of aromatic nitrogens is 1. The molecule has 0 aliphatic rings. The summed E-state index contributed by atoms with van der Waals surface area (Å²) in [5.41, 5.74) is 7.56. The molecule has 2 heterocycles. The minimum Gasteiger partial charge on any atom is -0.369 e. The third kappa shape index (κ3) is 3.81. The van der Waals surface area contributed by atoms with Crippen LogP contribution in [0.25, 0.3) is 21.7 Å². The number of hydrogen-bond donors (Lipinski definition) is 3. The number of amidine groups is 1. The summed E-state index contributed by atoms with van der Waals surface area (Å²) in [6.07, 6.45) is 0.849. The van der Waals surface area contributed by atoms with Gasteiger partial charge in [-0.15, -0.1) is 5.11 Å². The summed E-state index contributed by atoms with van der Waals surface area (Å²) in [7, 11) is 1.66. The quantitative estimate of drug-likeness (QED) is 0.209. The van der Waals surface area contributed by atoms with Crippen LogP contribution >= 0.6 is 11.3 Å². The first-order valence-corrected chi connectivity index (χ1v) is 9.28. The Balaban J connectivity index is 2.05. The topological polar surface area (TPSA) is 114 Å². The van der Waals surface area contributed by atoms with Crippen molar-refractivity contribution in [1.82, 2.24) is 4.98 Å². The second-order valence-electron chi connectivity index (χ2n) is 6.82. The van der Waals surface area contributed by atoms with Crippen molar-refractivity contribution >= 4 is 44.7 Å². The molecule has 0 saturated heterocycles. The zero-order chi connectivity index (χ0) is 18.7. The van der Waals surface area contributed by atoms with Crippen molar-refractivity contribution in [3.8, 4) is 0 Å². The highest BCUT2D eigenvalue weighted by atomic mass is 32.1. The van der Waals surface area contributed by atoms with Gasteiger partial charge in [-0.3, -0.25) is 4.99 Å². The van der Waals surface area contributed by atoms with Crippen LogP contribution in [-0.4, -0.2) is 30.0 Å². The van der Waals surface area contributed by atoms with Gasteiger partial charge in [-0.2, -0.15) is 11.3 Å². The van der Waals surface area contributed by atoms with E-state index in [0.717, 1.165) is 40.6 Å². The standard InChI is InChI=1S/C18H23N7S/c1-18(2,19)6-7-22-17-14-10-26-9-13(14)12-5-4-11(8-15(12)23-17)16(21-3)24-25-20/h4-5,8-10H,6-7,19H2,1-3H3,(H,22,23)(H2,20,21,24). The van der Waals surface area contributed by atoms with Crippen molar-refractivity contribution < 1.29 is 0 Å². The molecule has 0 aliphatic heterocycles. The molecule has 0 unspecified atom stereocenters. The first-order chi connectivity index (χ1) is 12.4. The van der Waals surface area contributed by atoms with Gasteiger partial charge in [0, 0.05) is 46.2 Å². The molecule has 2 aromatic heterocycles. The number of nitrogens with one attached hydrogen (secondary N) is 1. The summed E-state index contributed by atoms with van der Waals surface area (Å²) >= 11 is 1.67. The van der Waals surface area contributed by atoms with Crippen LogP contribution in [0, 0.1) is 0 Å². The van der Waals surface area contributed by atoms with E-state index in [-0.39, 0.29) is 5.54 Å². The smallest absolute Gasteiger partial charge is 0.178 e. The van der Waals surface area contributed by atoms with Gasteiger partial charge in [-0.05, 0) is 31.7 Å². The first kappa shape index (κ1) is 18.2. The third-order valence-corrected chi connectivity index (χ3v) is 4.87. The Morgan fingerprint density at radius 2 is 2.00 bits per heavy atom. The number of nitrogens with two attached hydrogens (primary N) is 2. The van der Waals surface area contributed by atoms with Crippen LogP contribution in [0.2, 0.25) is 0 Å².